The van der Waals surface area contributed by atoms with Gasteiger partial charge in [-0.2, -0.15) is 0 Å². The van der Waals surface area contributed by atoms with Crippen molar-refractivity contribution in [3.05, 3.63) is 42.0 Å². The molecular formula is C19H24N4O3. The predicted octanol–water partition coefficient (Wildman–Crippen LogP) is 2.41. The number of aromatic hydroxyl groups is 1. The first-order valence-corrected chi connectivity index (χ1v) is 8.81. The molecule has 1 aliphatic rings. The molecule has 1 unspecified atom stereocenters. The molecule has 1 aromatic heterocycles. The molecule has 0 aliphatic carbocycles. The van der Waals surface area contributed by atoms with Crippen molar-refractivity contribution < 1.29 is 14.7 Å². The number of hydrogen-bond acceptors (Lipinski definition) is 4. The minimum Gasteiger partial charge on any atom is -0.507 e. The van der Waals surface area contributed by atoms with Crippen LogP contribution in [0.3, 0.4) is 0 Å². The van der Waals surface area contributed by atoms with Crippen LogP contribution in [0.1, 0.15) is 35.9 Å². The van der Waals surface area contributed by atoms with Crippen molar-refractivity contribution in [2.75, 3.05) is 18.4 Å². The van der Waals surface area contributed by atoms with E-state index >= 15 is 0 Å². The molecule has 1 aliphatic heterocycles. The number of benzene rings is 1. The summed E-state index contributed by atoms with van der Waals surface area (Å²) in [5.41, 5.74) is 0.734. The van der Waals surface area contributed by atoms with Crippen molar-refractivity contribution in [1.29, 1.82) is 0 Å². The number of hydrogen-bond donors (Lipinski definition) is 2. The van der Waals surface area contributed by atoms with Gasteiger partial charge >= 0.3 is 0 Å². The molecule has 0 radical (unpaired) electrons. The van der Waals surface area contributed by atoms with E-state index in [4.69, 9.17) is 0 Å². The Balaban J connectivity index is 1.69. The lowest BCUT2D eigenvalue weighted by Crippen LogP contribution is -2.41. The van der Waals surface area contributed by atoms with Gasteiger partial charge in [0.15, 0.2) is 0 Å². The number of carbonyl (C=O) groups excluding carboxylic acids is 2. The SMILES string of the molecule is CC(=O)Nc1ccc(C(=O)N2CCCC(Cn3ccnc3C)C2)c(O)c1. The van der Waals surface area contributed by atoms with Gasteiger partial charge in [-0.15, -0.1) is 0 Å². The largest absolute Gasteiger partial charge is 0.507 e. The molecule has 2 aromatic rings. The molecular weight excluding hydrogens is 332 g/mol. The lowest BCUT2D eigenvalue weighted by Gasteiger charge is -2.33. The first kappa shape index (κ1) is 18.0. The van der Waals surface area contributed by atoms with Crippen molar-refractivity contribution in [2.45, 2.75) is 33.2 Å². The first-order chi connectivity index (χ1) is 12.4. The molecule has 1 fully saturated rings. The fourth-order valence-electron chi connectivity index (χ4n) is 3.44. The highest BCUT2D eigenvalue weighted by molar-refractivity contribution is 5.98. The standard InChI is InChI=1S/C19H24N4O3/c1-13-20-7-9-22(13)11-15-4-3-8-23(12-15)19(26)17-6-5-16(10-18(17)25)21-14(2)24/h5-7,9-10,15,25H,3-4,8,11-12H2,1-2H3,(H,21,24). The number of aromatic nitrogens is 2. The molecule has 0 bridgehead atoms. The number of phenols is 1. The minimum atomic E-state index is -0.225. The molecule has 1 saturated heterocycles. The average molecular weight is 356 g/mol. The van der Waals surface area contributed by atoms with E-state index in [2.05, 4.69) is 14.9 Å². The summed E-state index contributed by atoms with van der Waals surface area (Å²) in [6.07, 6.45) is 5.75. The molecule has 7 heteroatoms. The van der Waals surface area contributed by atoms with E-state index in [1.807, 2.05) is 13.1 Å². The fourth-order valence-corrected chi connectivity index (χ4v) is 3.44. The van der Waals surface area contributed by atoms with Gasteiger partial charge in [0, 0.05) is 50.7 Å². The third kappa shape index (κ3) is 4.04. The van der Waals surface area contributed by atoms with Gasteiger partial charge in [0.05, 0.1) is 5.56 Å². The Bertz CT molecular complexity index is 815. The monoisotopic (exact) mass is 356 g/mol. The summed E-state index contributed by atoms with van der Waals surface area (Å²) >= 11 is 0. The normalized spacial score (nSPS) is 17.2. The highest BCUT2D eigenvalue weighted by Gasteiger charge is 2.26. The van der Waals surface area contributed by atoms with Gasteiger partial charge in [0.2, 0.25) is 5.91 Å². The van der Waals surface area contributed by atoms with Crippen LogP contribution in [0.5, 0.6) is 5.75 Å². The van der Waals surface area contributed by atoms with Crippen LogP contribution in [0, 0.1) is 12.8 Å². The van der Waals surface area contributed by atoms with E-state index in [0.717, 1.165) is 25.2 Å². The second-order valence-electron chi connectivity index (χ2n) is 6.80. The van der Waals surface area contributed by atoms with Crippen LogP contribution in [0.25, 0.3) is 0 Å². The molecule has 3 rings (SSSR count). The van der Waals surface area contributed by atoms with E-state index in [1.165, 1.54) is 13.0 Å². The Labute approximate surface area is 152 Å². The van der Waals surface area contributed by atoms with Crippen molar-refractivity contribution >= 4 is 17.5 Å². The fraction of sp³-hybridized carbons (Fsp3) is 0.421. The number of nitrogens with one attached hydrogen (secondary N) is 1. The summed E-state index contributed by atoms with van der Waals surface area (Å²) in [6.45, 7) is 5.55. The average Bonchev–Trinajstić information content (AvgIpc) is 2.99. The number of imidazole rings is 1. The smallest absolute Gasteiger partial charge is 0.257 e. The number of aryl methyl sites for hydroxylation is 1. The summed E-state index contributed by atoms with van der Waals surface area (Å²) in [6, 6.07) is 4.60. The molecule has 7 nitrogen and oxygen atoms in total. The number of piperidine rings is 1. The number of carbonyl (C=O) groups is 2. The Morgan fingerprint density at radius 2 is 2.19 bits per heavy atom. The maximum atomic E-state index is 12.8. The van der Waals surface area contributed by atoms with E-state index < -0.39 is 0 Å². The number of rotatable bonds is 4. The van der Waals surface area contributed by atoms with Crippen molar-refractivity contribution in [2.24, 2.45) is 5.92 Å². The zero-order chi connectivity index (χ0) is 18.7. The van der Waals surface area contributed by atoms with Gasteiger partial charge in [-0.1, -0.05) is 0 Å². The van der Waals surface area contributed by atoms with Crippen LogP contribution in [-0.2, 0) is 11.3 Å². The molecule has 2 heterocycles. The van der Waals surface area contributed by atoms with Gasteiger partial charge in [-0.25, -0.2) is 4.98 Å². The summed E-state index contributed by atoms with van der Waals surface area (Å²) in [5.74, 6) is 0.816. The lowest BCUT2D eigenvalue weighted by atomic mass is 9.97. The number of phenolic OH excluding ortho intramolecular Hbond substituents is 1. The zero-order valence-corrected chi connectivity index (χ0v) is 15.1. The number of likely N-dealkylation sites (tertiary alicyclic amines) is 1. The summed E-state index contributed by atoms with van der Waals surface area (Å²) < 4.78 is 2.11. The second kappa shape index (κ2) is 7.59. The van der Waals surface area contributed by atoms with Crippen molar-refractivity contribution in [3.63, 3.8) is 0 Å². The van der Waals surface area contributed by atoms with Crippen molar-refractivity contribution in [3.8, 4) is 5.75 Å². The molecule has 0 spiro atoms. The molecule has 1 atom stereocenters. The highest BCUT2D eigenvalue weighted by atomic mass is 16.3. The number of anilines is 1. The van der Waals surface area contributed by atoms with Gasteiger partial charge in [0.25, 0.3) is 5.91 Å². The topological polar surface area (TPSA) is 87.5 Å². The maximum Gasteiger partial charge on any atom is 0.257 e. The summed E-state index contributed by atoms with van der Waals surface area (Å²) in [4.78, 5) is 30.0. The molecule has 1 aromatic carbocycles. The number of amides is 2. The Hall–Kier alpha value is -2.83. The highest BCUT2D eigenvalue weighted by Crippen LogP contribution is 2.26. The first-order valence-electron chi connectivity index (χ1n) is 8.81. The van der Waals surface area contributed by atoms with Crippen LogP contribution in [-0.4, -0.2) is 44.5 Å². The van der Waals surface area contributed by atoms with Crippen LogP contribution in [0.15, 0.2) is 30.6 Å². The second-order valence-corrected chi connectivity index (χ2v) is 6.80. The van der Waals surface area contributed by atoms with Crippen LogP contribution in [0.4, 0.5) is 5.69 Å². The predicted molar refractivity (Wildman–Crippen MR) is 98.0 cm³/mol. The summed E-state index contributed by atoms with van der Waals surface area (Å²) in [7, 11) is 0. The Kier molecular flexibility index (Phi) is 5.25. The van der Waals surface area contributed by atoms with E-state index in [9.17, 15) is 14.7 Å². The maximum absolute atomic E-state index is 12.8. The van der Waals surface area contributed by atoms with Gasteiger partial charge in [-0.3, -0.25) is 9.59 Å². The molecule has 138 valence electrons. The third-order valence-electron chi connectivity index (χ3n) is 4.73. The van der Waals surface area contributed by atoms with Gasteiger partial charge < -0.3 is 19.9 Å². The lowest BCUT2D eigenvalue weighted by molar-refractivity contribution is -0.114. The van der Waals surface area contributed by atoms with Crippen LogP contribution >= 0.6 is 0 Å². The van der Waals surface area contributed by atoms with E-state index in [-0.39, 0.29) is 23.1 Å². The van der Waals surface area contributed by atoms with Crippen LogP contribution in [0.2, 0.25) is 0 Å². The van der Waals surface area contributed by atoms with E-state index in [0.29, 0.717) is 24.7 Å². The van der Waals surface area contributed by atoms with Crippen molar-refractivity contribution in [1.82, 2.24) is 14.5 Å². The molecule has 2 N–H and O–H groups in total. The third-order valence-corrected chi connectivity index (χ3v) is 4.73. The van der Waals surface area contributed by atoms with E-state index in [1.54, 1.807) is 23.2 Å². The minimum absolute atomic E-state index is 0.117. The summed E-state index contributed by atoms with van der Waals surface area (Å²) in [5, 5.41) is 12.8. The molecule has 0 saturated carbocycles. The van der Waals surface area contributed by atoms with Crippen LogP contribution < -0.4 is 5.32 Å². The quantitative estimate of drug-likeness (QED) is 0.881. The Morgan fingerprint density at radius 3 is 2.85 bits per heavy atom. The van der Waals surface area contributed by atoms with Gasteiger partial charge in [0.1, 0.15) is 11.6 Å². The zero-order valence-electron chi connectivity index (χ0n) is 15.1. The number of nitrogens with zero attached hydrogens (tertiary/aromatic N) is 3. The van der Waals surface area contributed by atoms with Gasteiger partial charge in [-0.05, 0) is 37.8 Å². The molecule has 26 heavy (non-hydrogen) atoms. The molecule has 2 amide bonds. The Morgan fingerprint density at radius 1 is 1.38 bits per heavy atom.